The summed E-state index contributed by atoms with van der Waals surface area (Å²) in [6.45, 7) is 4.39. The summed E-state index contributed by atoms with van der Waals surface area (Å²) in [5.41, 5.74) is 1.42. The Kier molecular flexibility index (Phi) is 6.76. The maximum Gasteiger partial charge on any atom is 0.268 e. The molecule has 0 radical (unpaired) electrons. The van der Waals surface area contributed by atoms with Crippen LogP contribution in [0.15, 0.2) is 39.4 Å². The second-order valence-corrected chi connectivity index (χ2v) is 13.5. The van der Waals surface area contributed by atoms with Crippen LogP contribution in [0, 0.1) is 0 Å². The van der Waals surface area contributed by atoms with Gasteiger partial charge in [-0.25, -0.2) is 16.8 Å². The highest BCUT2D eigenvalue weighted by atomic mass is 32.2. The molecule has 35 heavy (non-hydrogen) atoms. The van der Waals surface area contributed by atoms with Crippen LogP contribution >= 0.6 is 11.3 Å². The van der Waals surface area contributed by atoms with Crippen molar-refractivity contribution in [1.29, 1.82) is 0 Å². The van der Waals surface area contributed by atoms with Crippen LogP contribution in [0.2, 0.25) is 0 Å². The van der Waals surface area contributed by atoms with E-state index in [0.29, 0.717) is 38.5 Å². The van der Waals surface area contributed by atoms with Gasteiger partial charge in [0.25, 0.3) is 5.91 Å². The molecule has 0 aliphatic carbocycles. The van der Waals surface area contributed by atoms with Crippen LogP contribution in [-0.4, -0.2) is 90.0 Å². The van der Waals surface area contributed by atoms with Crippen LogP contribution in [0.3, 0.4) is 0 Å². The molecule has 1 atom stereocenters. The Labute approximate surface area is 209 Å². The normalized spacial score (nSPS) is 22.3. The number of hydrogen-bond acceptors (Lipinski definition) is 8. The van der Waals surface area contributed by atoms with Crippen molar-refractivity contribution in [3.05, 3.63) is 40.1 Å². The molecule has 2 saturated heterocycles. The molecule has 2 aromatic rings. The smallest absolute Gasteiger partial charge is 0.268 e. The Bertz CT molecular complexity index is 1330. The summed E-state index contributed by atoms with van der Waals surface area (Å²) in [5, 5.41) is 1.49. The van der Waals surface area contributed by atoms with E-state index in [-0.39, 0.29) is 52.8 Å². The van der Waals surface area contributed by atoms with E-state index in [0.717, 1.165) is 16.9 Å². The van der Waals surface area contributed by atoms with Crippen LogP contribution < -0.4 is 4.90 Å². The maximum atomic E-state index is 13.5. The quantitative estimate of drug-likeness (QED) is 0.562. The molecule has 2 fully saturated rings. The second kappa shape index (κ2) is 9.54. The first-order valence-corrected chi connectivity index (χ1v) is 15.2. The minimum Gasteiger partial charge on any atom is -0.379 e. The zero-order valence-corrected chi connectivity index (χ0v) is 21.7. The number of rotatable bonds is 5. The summed E-state index contributed by atoms with van der Waals surface area (Å²) in [6, 6.07) is 6.12. The zero-order valence-electron chi connectivity index (χ0n) is 19.3. The first-order valence-electron chi connectivity index (χ1n) is 11.4. The lowest BCUT2D eigenvalue weighted by atomic mass is 10.1. The number of sulfonamides is 2. The predicted octanol–water partition coefficient (Wildman–Crippen LogP) is 1.38. The molecule has 4 heterocycles. The lowest BCUT2D eigenvalue weighted by Crippen LogP contribution is -2.40. The SMILES string of the molecule is C[C@@H]1Cc2ccc(S(=O)(=O)N3CCOCC3)cc2N1C(=O)c1cc(S(=O)(=O)N2CCOCC2)cs1. The first kappa shape index (κ1) is 24.8. The summed E-state index contributed by atoms with van der Waals surface area (Å²) in [4.78, 5) is 15.6. The van der Waals surface area contributed by atoms with Crippen molar-refractivity contribution in [3.8, 4) is 0 Å². The van der Waals surface area contributed by atoms with E-state index in [1.54, 1.807) is 23.1 Å². The number of thiophene rings is 1. The van der Waals surface area contributed by atoms with Crippen LogP contribution in [0.4, 0.5) is 5.69 Å². The monoisotopic (exact) mass is 541 g/mol. The molecule has 1 aromatic carbocycles. The van der Waals surface area contributed by atoms with E-state index >= 15 is 0 Å². The molecule has 3 aliphatic rings. The van der Waals surface area contributed by atoms with E-state index in [9.17, 15) is 21.6 Å². The molecule has 10 nitrogen and oxygen atoms in total. The topological polar surface area (TPSA) is 114 Å². The van der Waals surface area contributed by atoms with Crippen molar-refractivity contribution in [3.63, 3.8) is 0 Å². The number of nitrogens with zero attached hydrogens (tertiary/aromatic N) is 3. The lowest BCUT2D eigenvalue weighted by Gasteiger charge is -2.27. The Morgan fingerprint density at radius 3 is 2.06 bits per heavy atom. The summed E-state index contributed by atoms with van der Waals surface area (Å²) in [7, 11) is -7.43. The fraction of sp³-hybridized carbons (Fsp3) is 0.500. The van der Waals surface area contributed by atoms with Crippen molar-refractivity contribution in [2.24, 2.45) is 0 Å². The number of benzene rings is 1. The van der Waals surface area contributed by atoms with Gasteiger partial charge in [-0.2, -0.15) is 8.61 Å². The van der Waals surface area contributed by atoms with Crippen molar-refractivity contribution in [2.75, 3.05) is 57.5 Å². The van der Waals surface area contributed by atoms with Gasteiger partial charge >= 0.3 is 0 Å². The van der Waals surface area contributed by atoms with Gasteiger partial charge in [0.05, 0.1) is 41.1 Å². The maximum absolute atomic E-state index is 13.5. The number of fused-ring (bicyclic) bond motifs is 1. The van der Waals surface area contributed by atoms with Gasteiger partial charge in [0.15, 0.2) is 0 Å². The van der Waals surface area contributed by atoms with Gasteiger partial charge in [-0.05, 0) is 37.1 Å². The number of carbonyl (C=O) groups is 1. The summed E-state index contributed by atoms with van der Waals surface area (Å²) < 4.78 is 65.6. The third-order valence-corrected chi connectivity index (χ3v) is 11.3. The van der Waals surface area contributed by atoms with Gasteiger partial charge in [-0.3, -0.25) is 4.79 Å². The predicted molar refractivity (Wildman–Crippen MR) is 130 cm³/mol. The number of amides is 1. The Hall–Kier alpha value is -1.87. The Balaban J connectivity index is 1.43. The molecule has 0 saturated carbocycles. The molecule has 0 spiro atoms. The van der Waals surface area contributed by atoms with E-state index in [1.165, 1.54) is 20.1 Å². The number of hydrogen-bond donors (Lipinski definition) is 0. The van der Waals surface area contributed by atoms with Gasteiger partial charge in [0.1, 0.15) is 0 Å². The highest BCUT2D eigenvalue weighted by Crippen LogP contribution is 2.37. The van der Waals surface area contributed by atoms with Crippen LogP contribution in [0.25, 0.3) is 0 Å². The molecule has 0 unspecified atom stereocenters. The number of carbonyl (C=O) groups excluding carboxylic acids is 1. The van der Waals surface area contributed by atoms with Crippen molar-refractivity contribution in [1.82, 2.24) is 8.61 Å². The number of anilines is 1. The molecule has 1 aromatic heterocycles. The van der Waals surface area contributed by atoms with Gasteiger partial charge in [0.2, 0.25) is 20.0 Å². The van der Waals surface area contributed by atoms with E-state index in [4.69, 9.17) is 9.47 Å². The highest BCUT2D eigenvalue weighted by molar-refractivity contribution is 7.89. The van der Waals surface area contributed by atoms with Gasteiger partial charge < -0.3 is 14.4 Å². The minimum absolute atomic E-state index is 0.0865. The van der Waals surface area contributed by atoms with E-state index < -0.39 is 20.0 Å². The molecule has 0 bridgehead atoms. The highest BCUT2D eigenvalue weighted by Gasteiger charge is 2.36. The average molecular weight is 542 g/mol. The third kappa shape index (κ3) is 4.54. The van der Waals surface area contributed by atoms with E-state index in [1.807, 2.05) is 6.92 Å². The van der Waals surface area contributed by atoms with Crippen LogP contribution in [-0.2, 0) is 35.9 Å². The third-order valence-electron chi connectivity index (χ3n) is 6.49. The Morgan fingerprint density at radius 2 is 1.46 bits per heavy atom. The van der Waals surface area contributed by atoms with Gasteiger partial charge in [-0.15, -0.1) is 11.3 Å². The van der Waals surface area contributed by atoms with Crippen molar-refractivity contribution < 1.29 is 31.1 Å². The molecule has 190 valence electrons. The van der Waals surface area contributed by atoms with E-state index in [2.05, 4.69) is 0 Å². The summed E-state index contributed by atoms with van der Waals surface area (Å²) in [5.74, 6) is -0.342. The first-order chi connectivity index (χ1) is 16.7. The minimum atomic E-state index is -3.72. The van der Waals surface area contributed by atoms with Gasteiger partial charge in [-0.1, -0.05) is 6.07 Å². The number of morpholine rings is 2. The molecule has 0 N–H and O–H groups in total. The standard InChI is InChI=1S/C22H27N3O7S3/c1-16-12-17-2-3-18(34(27,28)23-4-8-31-9-5-23)13-20(17)25(16)22(26)21-14-19(15-33-21)35(29,30)24-6-10-32-11-7-24/h2-3,13-16H,4-12H2,1H3/t16-/m1/s1. The van der Waals surface area contributed by atoms with Crippen LogP contribution in [0.1, 0.15) is 22.2 Å². The van der Waals surface area contributed by atoms with Gasteiger partial charge in [0, 0.05) is 43.3 Å². The molecule has 5 rings (SSSR count). The number of ether oxygens (including phenoxy) is 2. The second-order valence-electron chi connectivity index (χ2n) is 8.70. The molecule has 3 aliphatic heterocycles. The van der Waals surface area contributed by atoms with Crippen molar-refractivity contribution in [2.45, 2.75) is 29.2 Å². The summed E-state index contributed by atoms with van der Waals surface area (Å²) >= 11 is 1.08. The molecular formula is C22H27N3O7S3. The fourth-order valence-corrected chi connectivity index (χ4v) is 8.65. The Morgan fingerprint density at radius 1 is 0.886 bits per heavy atom. The average Bonchev–Trinajstić information content (AvgIpc) is 3.49. The molecule has 13 heteroatoms. The zero-order chi connectivity index (χ0) is 24.8. The van der Waals surface area contributed by atoms with Crippen LogP contribution in [0.5, 0.6) is 0 Å². The lowest BCUT2D eigenvalue weighted by molar-refractivity contribution is 0.0730. The summed E-state index contributed by atoms with van der Waals surface area (Å²) in [6.07, 6.45) is 0.587. The largest absolute Gasteiger partial charge is 0.379 e. The van der Waals surface area contributed by atoms with Crippen molar-refractivity contribution >= 4 is 43.0 Å². The fourth-order valence-electron chi connectivity index (χ4n) is 4.61. The molecular weight excluding hydrogens is 514 g/mol. The molecule has 1 amide bonds.